The number of rotatable bonds is 2. The van der Waals surface area contributed by atoms with Gasteiger partial charge in [-0.1, -0.05) is 20.8 Å². The molecule has 1 saturated carbocycles. The van der Waals surface area contributed by atoms with Crippen molar-refractivity contribution >= 4 is 5.91 Å². The monoisotopic (exact) mass is 171 g/mol. The summed E-state index contributed by atoms with van der Waals surface area (Å²) >= 11 is 0. The summed E-state index contributed by atoms with van der Waals surface area (Å²) in [6.45, 7) is 5.85. The molecule has 2 N–H and O–H groups in total. The standard InChI is InChI=1S/C9H17NO2/c1-9(2,3)8(12)10-7-4-6(7)5-11/h6-7,11H,4-5H2,1-3H3,(H,10,12)/t6-,7+/m0/s1. The van der Waals surface area contributed by atoms with Crippen molar-refractivity contribution in [2.75, 3.05) is 6.61 Å². The summed E-state index contributed by atoms with van der Waals surface area (Å²) in [4.78, 5) is 11.4. The van der Waals surface area contributed by atoms with Crippen LogP contribution >= 0.6 is 0 Å². The summed E-state index contributed by atoms with van der Waals surface area (Å²) in [5, 5.41) is 11.6. The third-order valence-corrected chi connectivity index (χ3v) is 2.15. The van der Waals surface area contributed by atoms with Crippen LogP contribution in [0.3, 0.4) is 0 Å². The van der Waals surface area contributed by atoms with E-state index >= 15 is 0 Å². The van der Waals surface area contributed by atoms with Gasteiger partial charge in [0.25, 0.3) is 0 Å². The Morgan fingerprint density at radius 2 is 2.17 bits per heavy atom. The molecule has 0 aromatic carbocycles. The molecule has 0 bridgehead atoms. The van der Waals surface area contributed by atoms with Crippen molar-refractivity contribution in [3.63, 3.8) is 0 Å². The molecule has 1 rings (SSSR count). The van der Waals surface area contributed by atoms with Crippen LogP contribution in [0.5, 0.6) is 0 Å². The van der Waals surface area contributed by atoms with Crippen LogP contribution in [0.15, 0.2) is 0 Å². The van der Waals surface area contributed by atoms with Gasteiger partial charge in [-0.3, -0.25) is 4.79 Å². The molecule has 0 spiro atoms. The van der Waals surface area contributed by atoms with Gasteiger partial charge < -0.3 is 10.4 Å². The smallest absolute Gasteiger partial charge is 0.225 e. The molecule has 2 atom stereocenters. The molecule has 0 aromatic heterocycles. The first-order valence-corrected chi connectivity index (χ1v) is 4.37. The Morgan fingerprint density at radius 3 is 2.50 bits per heavy atom. The molecule has 0 saturated heterocycles. The van der Waals surface area contributed by atoms with Crippen molar-refractivity contribution < 1.29 is 9.90 Å². The zero-order valence-corrected chi connectivity index (χ0v) is 7.92. The highest BCUT2D eigenvalue weighted by molar-refractivity contribution is 5.81. The summed E-state index contributed by atoms with van der Waals surface area (Å²) in [5.41, 5.74) is -0.317. The second-order valence-corrected chi connectivity index (χ2v) is 4.51. The van der Waals surface area contributed by atoms with E-state index in [9.17, 15) is 4.79 Å². The SMILES string of the molecule is CC(C)(C)C(=O)N[C@@H]1C[C@H]1CO. The lowest BCUT2D eigenvalue weighted by Crippen LogP contribution is -2.37. The zero-order chi connectivity index (χ0) is 9.35. The van der Waals surface area contributed by atoms with Gasteiger partial charge in [-0.2, -0.15) is 0 Å². The van der Waals surface area contributed by atoms with Crippen LogP contribution in [0.4, 0.5) is 0 Å². The average Bonchev–Trinajstić information content (AvgIpc) is 2.65. The minimum atomic E-state index is -0.317. The summed E-state index contributed by atoms with van der Waals surface area (Å²) < 4.78 is 0. The number of aliphatic hydroxyl groups excluding tert-OH is 1. The van der Waals surface area contributed by atoms with Gasteiger partial charge in [0, 0.05) is 24.0 Å². The molecular formula is C9H17NO2. The van der Waals surface area contributed by atoms with Crippen molar-refractivity contribution in [1.82, 2.24) is 5.32 Å². The summed E-state index contributed by atoms with van der Waals surface area (Å²) in [6.07, 6.45) is 0.929. The zero-order valence-electron chi connectivity index (χ0n) is 7.92. The largest absolute Gasteiger partial charge is 0.396 e. The van der Waals surface area contributed by atoms with E-state index in [2.05, 4.69) is 5.32 Å². The molecule has 1 amide bonds. The number of carbonyl (C=O) groups excluding carboxylic acids is 1. The second kappa shape index (κ2) is 3.05. The van der Waals surface area contributed by atoms with Crippen molar-refractivity contribution in [2.24, 2.45) is 11.3 Å². The summed E-state index contributed by atoms with van der Waals surface area (Å²) in [5.74, 6) is 0.375. The number of carbonyl (C=O) groups is 1. The van der Waals surface area contributed by atoms with Gasteiger partial charge in [0.1, 0.15) is 0 Å². The molecule has 0 aliphatic heterocycles. The lowest BCUT2D eigenvalue weighted by molar-refractivity contribution is -0.128. The first kappa shape index (κ1) is 9.52. The van der Waals surface area contributed by atoms with E-state index in [1.54, 1.807) is 0 Å². The van der Waals surface area contributed by atoms with E-state index in [4.69, 9.17) is 5.11 Å². The number of aliphatic hydroxyl groups is 1. The minimum absolute atomic E-state index is 0.0726. The second-order valence-electron chi connectivity index (χ2n) is 4.51. The summed E-state index contributed by atoms with van der Waals surface area (Å²) in [6, 6.07) is 0.224. The van der Waals surface area contributed by atoms with Crippen LogP contribution in [0.2, 0.25) is 0 Å². The fourth-order valence-corrected chi connectivity index (χ4v) is 1.01. The average molecular weight is 171 g/mol. The van der Waals surface area contributed by atoms with Crippen LogP contribution < -0.4 is 5.32 Å². The lowest BCUT2D eigenvalue weighted by Gasteiger charge is -2.17. The Balaban J connectivity index is 2.30. The topological polar surface area (TPSA) is 49.3 Å². The third-order valence-electron chi connectivity index (χ3n) is 2.15. The van der Waals surface area contributed by atoms with Crippen molar-refractivity contribution in [3.05, 3.63) is 0 Å². The molecule has 3 heteroatoms. The van der Waals surface area contributed by atoms with Gasteiger partial charge in [-0.15, -0.1) is 0 Å². The van der Waals surface area contributed by atoms with Crippen molar-refractivity contribution in [1.29, 1.82) is 0 Å². The Labute approximate surface area is 73.2 Å². The first-order chi connectivity index (χ1) is 5.45. The molecule has 1 aliphatic carbocycles. The number of hydrogen-bond donors (Lipinski definition) is 2. The molecule has 0 heterocycles. The molecule has 70 valence electrons. The predicted octanol–water partition coefficient (Wildman–Crippen LogP) is 0.529. The number of hydrogen-bond acceptors (Lipinski definition) is 2. The molecule has 12 heavy (non-hydrogen) atoms. The van der Waals surface area contributed by atoms with Crippen molar-refractivity contribution in [3.8, 4) is 0 Å². The van der Waals surface area contributed by atoms with Crippen LogP contribution in [0.1, 0.15) is 27.2 Å². The Hall–Kier alpha value is -0.570. The summed E-state index contributed by atoms with van der Waals surface area (Å²) in [7, 11) is 0. The van der Waals surface area contributed by atoms with Gasteiger partial charge in [0.05, 0.1) is 0 Å². The maximum Gasteiger partial charge on any atom is 0.225 e. The van der Waals surface area contributed by atoms with E-state index < -0.39 is 0 Å². The number of amides is 1. The molecule has 0 radical (unpaired) electrons. The number of nitrogens with one attached hydrogen (secondary N) is 1. The van der Waals surface area contributed by atoms with E-state index in [1.807, 2.05) is 20.8 Å². The molecule has 1 aliphatic rings. The highest BCUT2D eigenvalue weighted by Crippen LogP contribution is 2.30. The van der Waals surface area contributed by atoms with Crippen LogP contribution in [-0.4, -0.2) is 23.7 Å². The maximum absolute atomic E-state index is 11.4. The van der Waals surface area contributed by atoms with Gasteiger partial charge in [-0.25, -0.2) is 0 Å². The minimum Gasteiger partial charge on any atom is -0.396 e. The fraction of sp³-hybridized carbons (Fsp3) is 0.889. The van der Waals surface area contributed by atoms with E-state index in [1.165, 1.54) is 0 Å². The van der Waals surface area contributed by atoms with Crippen LogP contribution in [-0.2, 0) is 4.79 Å². The lowest BCUT2D eigenvalue weighted by atomic mass is 9.96. The predicted molar refractivity (Wildman–Crippen MR) is 46.6 cm³/mol. The Kier molecular flexibility index (Phi) is 2.42. The maximum atomic E-state index is 11.4. The van der Waals surface area contributed by atoms with Gasteiger partial charge in [0.2, 0.25) is 5.91 Å². The van der Waals surface area contributed by atoms with Crippen molar-refractivity contribution in [2.45, 2.75) is 33.2 Å². The quantitative estimate of drug-likeness (QED) is 0.636. The van der Waals surface area contributed by atoms with E-state index in [0.717, 1.165) is 6.42 Å². The highest BCUT2D eigenvalue weighted by Gasteiger charge is 2.39. The van der Waals surface area contributed by atoms with Crippen LogP contribution in [0.25, 0.3) is 0 Å². The third kappa shape index (κ3) is 2.21. The van der Waals surface area contributed by atoms with E-state index in [-0.39, 0.29) is 24.0 Å². The molecule has 0 aromatic rings. The first-order valence-electron chi connectivity index (χ1n) is 4.37. The molecule has 0 unspecified atom stereocenters. The molecule has 3 nitrogen and oxygen atoms in total. The van der Waals surface area contributed by atoms with Crippen LogP contribution in [0, 0.1) is 11.3 Å². The normalized spacial score (nSPS) is 28.3. The highest BCUT2D eigenvalue weighted by atomic mass is 16.3. The Bertz CT molecular complexity index is 183. The fourth-order valence-electron chi connectivity index (χ4n) is 1.01. The van der Waals surface area contributed by atoms with Gasteiger partial charge >= 0.3 is 0 Å². The van der Waals surface area contributed by atoms with Gasteiger partial charge in [-0.05, 0) is 6.42 Å². The van der Waals surface area contributed by atoms with E-state index in [0.29, 0.717) is 5.92 Å². The molecular weight excluding hydrogens is 154 g/mol. The Morgan fingerprint density at radius 1 is 1.58 bits per heavy atom. The molecule has 1 fully saturated rings. The van der Waals surface area contributed by atoms with Gasteiger partial charge in [0.15, 0.2) is 0 Å².